The van der Waals surface area contributed by atoms with E-state index in [9.17, 15) is 0 Å². The molecule has 0 unspecified atom stereocenters. The summed E-state index contributed by atoms with van der Waals surface area (Å²) in [6.07, 6.45) is 0. The SMILES string of the molecule is CN(C)c1c(N)ccc2c(-c3cc(Cl)cc(Cl)c3)cccc12. The van der Waals surface area contributed by atoms with Crippen LogP contribution in [0.4, 0.5) is 11.4 Å². The minimum atomic E-state index is 0.628. The Morgan fingerprint density at radius 1 is 0.864 bits per heavy atom. The van der Waals surface area contributed by atoms with Gasteiger partial charge < -0.3 is 10.6 Å². The largest absolute Gasteiger partial charge is 0.397 e. The number of hydrogen-bond acceptors (Lipinski definition) is 2. The number of hydrogen-bond donors (Lipinski definition) is 1. The Labute approximate surface area is 140 Å². The van der Waals surface area contributed by atoms with Gasteiger partial charge in [-0.15, -0.1) is 0 Å². The first-order valence-corrected chi connectivity index (χ1v) is 7.68. The van der Waals surface area contributed by atoms with Crippen LogP contribution in [0.15, 0.2) is 48.5 Å². The first-order chi connectivity index (χ1) is 10.5. The number of benzene rings is 3. The van der Waals surface area contributed by atoms with Crippen molar-refractivity contribution >= 4 is 45.3 Å². The zero-order valence-electron chi connectivity index (χ0n) is 12.4. The molecule has 0 fully saturated rings. The zero-order chi connectivity index (χ0) is 15.9. The van der Waals surface area contributed by atoms with Crippen molar-refractivity contribution in [2.75, 3.05) is 24.7 Å². The molecule has 4 heteroatoms. The van der Waals surface area contributed by atoms with Gasteiger partial charge in [-0.1, -0.05) is 47.5 Å². The molecule has 0 saturated heterocycles. The van der Waals surface area contributed by atoms with Crippen molar-refractivity contribution in [3.05, 3.63) is 58.6 Å². The number of nitrogens with zero attached hydrogens (tertiary/aromatic N) is 1. The van der Waals surface area contributed by atoms with E-state index in [0.29, 0.717) is 10.0 Å². The third kappa shape index (κ3) is 2.60. The van der Waals surface area contributed by atoms with Crippen LogP contribution in [0.1, 0.15) is 0 Å². The summed E-state index contributed by atoms with van der Waals surface area (Å²) in [6.45, 7) is 0. The molecule has 0 aromatic heterocycles. The monoisotopic (exact) mass is 330 g/mol. The highest BCUT2D eigenvalue weighted by Crippen LogP contribution is 2.38. The van der Waals surface area contributed by atoms with Crippen LogP contribution in [0.2, 0.25) is 10.0 Å². The predicted octanol–water partition coefficient (Wildman–Crippen LogP) is 5.46. The maximum Gasteiger partial charge on any atom is 0.0674 e. The van der Waals surface area contributed by atoms with E-state index < -0.39 is 0 Å². The number of nitrogens with two attached hydrogens (primary N) is 1. The standard InChI is InChI=1S/C18H16Cl2N2/c1-22(2)18-16-5-3-4-14(15(16)6-7-17(18)21)11-8-12(19)10-13(20)9-11/h3-10H,21H2,1-2H3. The fraction of sp³-hybridized carbons (Fsp3) is 0.111. The van der Waals surface area contributed by atoms with E-state index >= 15 is 0 Å². The minimum Gasteiger partial charge on any atom is -0.397 e. The molecule has 22 heavy (non-hydrogen) atoms. The Bertz CT molecular complexity index is 837. The van der Waals surface area contributed by atoms with E-state index in [1.807, 2.05) is 49.3 Å². The Morgan fingerprint density at radius 3 is 2.18 bits per heavy atom. The average molecular weight is 331 g/mol. The molecular weight excluding hydrogens is 315 g/mol. The van der Waals surface area contributed by atoms with Crippen LogP contribution in [-0.2, 0) is 0 Å². The summed E-state index contributed by atoms with van der Waals surface area (Å²) in [5, 5.41) is 3.49. The van der Waals surface area contributed by atoms with Crippen LogP contribution in [0.25, 0.3) is 21.9 Å². The van der Waals surface area contributed by atoms with Crippen molar-refractivity contribution in [2.45, 2.75) is 0 Å². The molecule has 0 aliphatic carbocycles. The Hall–Kier alpha value is -1.90. The molecule has 2 nitrogen and oxygen atoms in total. The smallest absolute Gasteiger partial charge is 0.0674 e. The second kappa shape index (κ2) is 5.71. The minimum absolute atomic E-state index is 0.628. The highest BCUT2D eigenvalue weighted by Gasteiger charge is 2.11. The van der Waals surface area contributed by atoms with Gasteiger partial charge >= 0.3 is 0 Å². The molecule has 0 aliphatic rings. The zero-order valence-corrected chi connectivity index (χ0v) is 13.9. The lowest BCUT2D eigenvalue weighted by Gasteiger charge is -2.19. The Balaban J connectivity index is 2.34. The second-order valence-corrected chi connectivity index (χ2v) is 6.33. The van der Waals surface area contributed by atoms with Crippen molar-refractivity contribution in [3.8, 4) is 11.1 Å². The molecule has 0 spiro atoms. The van der Waals surface area contributed by atoms with E-state index in [4.69, 9.17) is 28.9 Å². The first kappa shape index (κ1) is 15.0. The fourth-order valence-corrected chi connectivity index (χ4v) is 3.35. The van der Waals surface area contributed by atoms with Crippen LogP contribution in [0.5, 0.6) is 0 Å². The van der Waals surface area contributed by atoms with Crippen LogP contribution in [0.3, 0.4) is 0 Å². The predicted molar refractivity (Wildman–Crippen MR) is 98.1 cm³/mol. The summed E-state index contributed by atoms with van der Waals surface area (Å²) in [4.78, 5) is 2.03. The van der Waals surface area contributed by atoms with Gasteiger partial charge in [-0.3, -0.25) is 0 Å². The molecule has 3 aromatic rings. The maximum atomic E-state index is 6.15. The van der Waals surface area contributed by atoms with E-state index in [-0.39, 0.29) is 0 Å². The molecule has 3 rings (SSSR count). The molecule has 2 N–H and O–H groups in total. The van der Waals surface area contributed by atoms with Crippen molar-refractivity contribution in [1.29, 1.82) is 0 Å². The van der Waals surface area contributed by atoms with Crippen molar-refractivity contribution in [2.24, 2.45) is 0 Å². The Kier molecular flexibility index (Phi) is 3.90. The topological polar surface area (TPSA) is 29.3 Å². The van der Waals surface area contributed by atoms with Crippen LogP contribution >= 0.6 is 23.2 Å². The number of rotatable bonds is 2. The van der Waals surface area contributed by atoms with Crippen molar-refractivity contribution in [3.63, 3.8) is 0 Å². The molecule has 0 atom stereocenters. The summed E-state index contributed by atoms with van der Waals surface area (Å²) in [5.74, 6) is 0. The van der Waals surface area contributed by atoms with Gasteiger partial charge in [0.25, 0.3) is 0 Å². The lowest BCUT2D eigenvalue weighted by Crippen LogP contribution is -2.11. The highest BCUT2D eigenvalue weighted by molar-refractivity contribution is 6.35. The second-order valence-electron chi connectivity index (χ2n) is 5.46. The van der Waals surface area contributed by atoms with Crippen molar-refractivity contribution < 1.29 is 0 Å². The van der Waals surface area contributed by atoms with Gasteiger partial charge in [-0.05, 0) is 40.8 Å². The van der Waals surface area contributed by atoms with Gasteiger partial charge in [0.15, 0.2) is 0 Å². The summed E-state index contributed by atoms with van der Waals surface area (Å²) >= 11 is 12.3. The lowest BCUT2D eigenvalue weighted by atomic mass is 9.96. The third-order valence-corrected chi connectivity index (χ3v) is 4.12. The molecule has 0 aliphatic heterocycles. The molecule has 0 bridgehead atoms. The average Bonchev–Trinajstić information content (AvgIpc) is 2.44. The summed E-state index contributed by atoms with van der Waals surface area (Å²) in [5.41, 5.74) is 10.0. The maximum absolute atomic E-state index is 6.15. The molecule has 0 saturated carbocycles. The third-order valence-electron chi connectivity index (χ3n) is 3.69. The molecule has 3 aromatic carbocycles. The van der Waals surface area contributed by atoms with Gasteiger partial charge in [-0.2, -0.15) is 0 Å². The first-order valence-electron chi connectivity index (χ1n) is 6.92. The van der Waals surface area contributed by atoms with Gasteiger partial charge in [0.1, 0.15) is 0 Å². The number of halogens is 2. The molecule has 0 amide bonds. The number of anilines is 2. The van der Waals surface area contributed by atoms with Gasteiger partial charge in [-0.25, -0.2) is 0 Å². The molecular formula is C18H16Cl2N2. The molecule has 0 heterocycles. The quantitative estimate of drug-likeness (QED) is 0.632. The van der Waals surface area contributed by atoms with Crippen LogP contribution in [-0.4, -0.2) is 14.1 Å². The summed E-state index contributed by atoms with van der Waals surface area (Å²) in [7, 11) is 3.99. The van der Waals surface area contributed by atoms with E-state index in [0.717, 1.165) is 33.3 Å². The van der Waals surface area contributed by atoms with E-state index in [1.165, 1.54) is 0 Å². The van der Waals surface area contributed by atoms with Crippen LogP contribution < -0.4 is 10.6 Å². The lowest BCUT2D eigenvalue weighted by molar-refractivity contribution is 1.14. The summed E-state index contributed by atoms with van der Waals surface area (Å²) < 4.78 is 0. The van der Waals surface area contributed by atoms with E-state index in [2.05, 4.69) is 12.1 Å². The van der Waals surface area contributed by atoms with E-state index in [1.54, 1.807) is 6.07 Å². The van der Waals surface area contributed by atoms with Gasteiger partial charge in [0.2, 0.25) is 0 Å². The molecule has 112 valence electrons. The normalized spacial score (nSPS) is 10.9. The van der Waals surface area contributed by atoms with Crippen LogP contribution in [0, 0.1) is 0 Å². The highest BCUT2D eigenvalue weighted by atomic mass is 35.5. The molecule has 0 radical (unpaired) electrons. The summed E-state index contributed by atoms with van der Waals surface area (Å²) in [6, 6.07) is 15.7. The van der Waals surface area contributed by atoms with Gasteiger partial charge in [0.05, 0.1) is 11.4 Å². The number of nitrogen functional groups attached to an aromatic ring is 1. The Morgan fingerprint density at radius 2 is 1.55 bits per heavy atom. The van der Waals surface area contributed by atoms with Crippen molar-refractivity contribution in [1.82, 2.24) is 0 Å². The van der Waals surface area contributed by atoms with Gasteiger partial charge in [0, 0.05) is 29.5 Å². The number of fused-ring (bicyclic) bond motifs is 1. The fourth-order valence-electron chi connectivity index (χ4n) is 2.82.